The van der Waals surface area contributed by atoms with Crippen molar-refractivity contribution in [3.05, 3.63) is 83.9 Å². The maximum absolute atomic E-state index is 13.3. The highest BCUT2D eigenvalue weighted by molar-refractivity contribution is 6.16. The van der Waals surface area contributed by atoms with Crippen LogP contribution in [0.1, 0.15) is 15.9 Å². The summed E-state index contributed by atoms with van der Waals surface area (Å²) < 4.78 is 5.25. The van der Waals surface area contributed by atoms with Gasteiger partial charge in [0, 0.05) is 22.7 Å². The normalized spacial score (nSPS) is 10.6. The third-order valence-electron chi connectivity index (χ3n) is 4.52. The van der Waals surface area contributed by atoms with E-state index in [1.54, 1.807) is 13.2 Å². The number of anilines is 1. The number of nitrogens with one attached hydrogen (secondary N) is 1. The molecule has 4 rings (SSSR count). The van der Waals surface area contributed by atoms with Crippen molar-refractivity contribution in [3.63, 3.8) is 0 Å². The number of aryl methyl sites for hydroxylation is 1. The van der Waals surface area contributed by atoms with Crippen LogP contribution in [0.4, 0.5) is 5.69 Å². The zero-order valence-corrected chi connectivity index (χ0v) is 15.6. The van der Waals surface area contributed by atoms with Crippen molar-refractivity contribution >= 4 is 22.5 Å². The number of carbonyl (C=O) groups excluding carboxylic acids is 1. The summed E-state index contributed by atoms with van der Waals surface area (Å²) in [6.45, 7) is 1.99. The standard InChI is InChI=1S/C23H19N3O2/c1-15-11-12-20-19(13-15)21(22(26-25-20)16-7-4-3-5-8-16)23(27)24-17-9-6-10-18(14-17)28-2/h3-14H,1-2H3,(H,24,27). The molecule has 3 aromatic carbocycles. The molecule has 5 nitrogen and oxygen atoms in total. The molecule has 0 atom stereocenters. The number of carbonyl (C=O) groups is 1. The Labute approximate surface area is 163 Å². The lowest BCUT2D eigenvalue weighted by atomic mass is 10.00. The molecule has 0 aliphatic heterocycles. The quantitative estimate of drug-likeness (QED) is 0.558. The van der Waals surface area contributed by atoms with Gasteiger partial charge < -0.3 is 10.1 Å². The van der Waals surface area contributed by atoms with Crippen LogP contribution in [0.15, 0.2) is 72.8 Å². The lowest BCUT2D eigenvalue weighted by molar-refractivity contribution is 0.102. The number of hydrogen-bond donors (Lipinski definition) is 1. The van der Waals surface area contributed by atoms with Crippen molar-refractivity contribution in [1.29, 1.82) is 0 Å². The summed E-state index contributed by atoms with van der Waals surface area (Å²) in [5.41, 5.74) is 4.29. The van der Waals surface area contributed by atoms with Crippen LogP contribution in [-0.4, -0.2) is 23.2 Å². The van der Waals surface area contributed by atoms with E-state index in [0.29, 0.717) is 28.2 Å². The zero-order chi connectivity index (χ0) is 19.5. The zero-order valence-electron chi connectivity index (χ0n) is 15.6. The fourth-order valence-corrected chi connectivity index (χ4v) is 3.14. The van der Waals surface area contributed by atoms with Gasteiger partial charge in [-0.25, -0.2) is 0 Å². The molecular formula is C23H19N3O2. The molecule has 1 heterocycles. The van der Waals surface area contributed by atoms with E-state index in [1.807, 2.05) is 73.7 Å². The van der Waals surface area contributed by atoms with Gasteiger partial charge in [0.25, 0.3) is 5.91 Å². The van der Waals surface area contributed by atoms with Crippen LogP contribution < -0.4 is 10.1 Å². The molecule has 138 valence electrons. The number of benzene rings is 3. The van der Waals surface area contributed by atoms with Crippen molar-refractivity contribution in [2.45, 2.75) is 6.92 Å². The minimum absolute atomic E-state index is 0.238. The number of hydrogen-bond acceptors (Lipinski definition) is 4. The van der Waals surface area contributed by atoms with Crippen molar-refractivity contribution in [2.75, 3.05) is 12.4 Å². The summed E-state index contributed by atoms with van der Waals surface area (Å²) in [4.78, 5) is 13.3. The number of ether oxygens (including phenoxy) is 1. The van der Waals surface area contributed by atoms with E-state index in [1.165, 1.54) is 0 Å². The van der Waals surface area contributed by atoms with Crippen LogP contribution >= 0.6 is 0 Å². The molecule has 0 radical (unpaired) electrons. The molecule has 1 amide bonds. The Morgan fingerprint density at radius 2 is 1.75 bits per heavy atom. The highest BCUT2D eigenvalue weighted by Crippen LogP contribution is 2.29. The molecule has 0 saturated heterocycles. The van der Waals surface area contributed by atoms with E-state index in [4.69, 9.17) is 4.74 Å². The molecule has 1 N–H and O–H groups in total. The topological polar surface area (TPSA) is 64.1 Å². The fraction of sp³-hybridized carbons (Fsp3) is 0.0870. The number of nitrogens with zero attached hydrogens (tertiary/aromatic N) is 2. The van der Waals surface area contributed by atoms with Gasteiger partial charge in [-0.1, -0.05) is 48.0 Å². The Balaban J connectivity index is 1.87. The largest absolute Gasteiger partial charge is 0.497 e. The minimum Gasteiger partial charge on any atom is -0.497 e. The maximum Gasteiger partial charge on any atom is 0.258 e. The van der Waals surface area contributed by atoms with Crippen molar-refractivity contribution in [1.82, 2.24) is 10.2 Å². The fourth-order valence-electron chi connectivity index (χ4n) is 3.14. The van der Waals surface area contributed by atoms with E-state index >= 15 is 0 Å². The monoisotopic (exact) mass is 369 g/mol. The lowest BCUT2D eigenvalue weighted by Gasteiger charge is -2.13. The molecule has 0 fully saturated rings. The molecule has 0 aliphatic rings. The predicted molar refractivity (Wildman–Crippen MR) is 111 cm³/mol. The molecule has 0 spiro atoms. The summed E-state index contributed by atoms with van der Waals surface area (Å²) in [5.74, 6) is 0.437. The minimum atomic E-state index is -0.238. The van der Waals surface area contributed by atoms with E-state index in [9.17, 15) is 4.79 Å². The van der Waals surface area contributed by atoms with Gasteiger partial charge in [-0.3, -0.25) is 4.79 Å². The third kappa shape index (κ3) is 3.42. The third-order valence-corrected chi connectivity index (χ3v) is 4.52. The second-order valence-electron chi connectivity index (χ2n) is 6.50. The van der Waals surface area contributed by atoms with E-state index in [2.05, 4.69) is 15.5 Å². The number of amides is 1. The summed E-state index contributed by atoms with van der Waals surface area (Å²) in [5, 5.41) is 12.4. The van der Waals surface area contributed by atoms with Crippen LogP contribution in [-0.2, 0) is 0 Å². The van der Waals surface area contributed by atoms with Gasteiger partial charge in [0.1, 0.15) is 11.4 Å². The van der Waals surface area contributed by atoms with E-state index < -0.39 is 0 Å². The number of rotatable bonds is 4. The SMILES string of the molecule is COc1cccc(NC(=O)c2c(-c3ccccc3)nnc3ccc(C)cc23)c1. The van der Waals surface area contributed by atoms with Crippen LogP contribution in [0.25, 0.3) is 22.2 Å². The first kappa shape index (κ1) is 17.7. The van der Waals surface area contributed by atoms with E-state index in [0.717, 1.165) is 16.5 Å². The number of methoxy groups -OCH3 is 1. The molecule has 28 heavy (non-hydrogen) atoms. The second kappa shape index (κ2) is 7.48. The van der Waals surface area contributed by atoms with Gasteiger partial charge in [0.05, 0.1) is 18.2 Å². The highest BCUT2D eigenvalue weighted by Gasteiger charge is 2.20. The smallest absolute Gasteiger partial charge is 0.258 e. The highest BCUT2D eigenvalue weighted by atomic mass is 16.5. The molecule has 0 aliphatic carbocycles. The second-order valence-corrected chi connectivity index (χ2v) is 6.50. The lowest BCUT2D eigenvalue weighted by Crippen LogP contribution is -2.15. The van der Waals surface area contributed by atoms with Crippen LogP contribution in [0.3, 0.4) is 0 Å². The Hall–Kier alpha value is -3.73. The molecule has 0 unspecified atom stereocenters. The molecule has 5 heteroatoms. The molecule has 4 aromatic rings. The van der Waals surface area contributed by atoms with Gasteiger partial charge in [0.2, 0.25) is 0 Å². The van der Waals surface area contributed by atoms with Crippen molar-refractivity contribution < 1.29 is 9.53 Å². The Bertz CT molecular complexity index is 1160. The molecule has 0 bridgehead atoms. The van der Waals surface area contributed by atoms with Gasteiger partial charge in [-0.2, -0.15) is 0 Å². The number of aromatic nitrogens is 2. The van der Waals surface area contributed by atoms with Crippen molar-refractivity contribution in [3.8, 4) is 17.0 Å². The Morgan fingerprint density at radius 3 is 2.54 bits per heavy atom. The summed E-state index contributed by atoms with van der Waals surface area (Å²) in [6, 6.07) is 22.7. The first-order chi connectivity index (χ1) is 13.7. The van der Waals surface area contributed by atoms with Gasteiger partial charge >= 0.3 is 0 Å². The van der Waals surface area contributed by atoms with Crippen molar-refractivity contribution in [2.24, 2.45) is 0 Å². The average Bonchev–Trinajstić information content (AvgIpc) is 2.73. The van der Waals surface area contributed by atoms with Gasteiger partial charge in [-0.15, -0.1) is 10.2 Å². The maximum atomic E-state index is 13.3. The first-order valence-electron chi connectivity index (χ1n) is 8.93. The van der Waals surface area contributed by atoms with Gasteiger partial charge in [0.15, 0.2) is 0 Å². The molecular weight excluding hydrogens is 350 g/mol. The first-order valence-corrected chi connectivity index (χ1v) is 8.93. The van der Waals surface area contributed by atoms with Crippen LogP contribution in [0.5, 0.6) is 5.75 Å². The average molecular weight is 369 g/mol. The predicted octanol–water partition coefficient (Wildman–Crippen LogP) is 4.87. The summed E-state index contributed by atoms with van der Waals surface area (Å²) >= 11 is 0. The Morgan fingerprint density at radius 1 is 0.929 bits per heavy atom. The summed E-state index contributed by atoms with van der Waals surface area (Å²) in [6.07, 6.45) is 0. The number of fused-ring (bicyclic) bond motifs is 1. The van der Waals surface area contributed by atoms with E-state index in [-0.39, 0.29) is 5.91 Å². The molecule has 1 aromatic heterocycles. The molecule has 0 saturated carbocycles. The van der Waals surface area contributed by atoms with Crippen LogP contribution in [0, 0.1) is 6.92 Å². The Kier molecular flexibility index (Phi) is 4.72. The van der Waals surface area contributed by atoms with Crippen LogP contribution in [0.2, 0.25) is 0 Å². The van der Waals surface area contributed by atoms with Gasteiger partial charge in [-0.05, 0) is 31.2 Å². The summed E-state index contributed by atoms with van der Waals surface area (Å²) in [7, 11) is 1.59.